The number of likely N-dealkylation sites (N-methyl/N-ethyl adjacent to an activating group) is 1. The number of fused-ring (bicyclic) bond motifs is 10. The van der Waals surface area contributed by atoms with Crippen LogP contribution in [0.4, 0.5) is 0 Å². The van der Waals surface area contributed by atoms with Crippen LogP contribution in [0.5, 0.6) is 5.75 Å². The summed E-state index contributed by atoms with van der Waals surface area (Å²) in [6, 6.07) is 5.39. The first-order valence-corrected chi connectivity index (χ1v) is 12.2. The smallest absolute Gasteiger partial charge is 0.247 e. The van der Waals surface area contributed by atoms with Crippen LogP contribution in [0.3, 0.4) is 0 Å². The van der Waals surface area contributed by atoms with Gasteiger partial charge in [0, 0.05) is 6.20 Å². The van der Waals surface area contributed by atoms with Crippen molar-refractivity contribution in [3.8, 4) is 5.75 Å². The molecule has 0 aliphatic carbocycles. The second-order valence-electron chi connectivity index (χ2n) is 9.95. The number of likely N-dealkylation sites (tertiary alicyclic amines) is 1. The van der Waals surface area contributed by atoms with Crippen molar-refractivity contribution in [2.24, 2.45) is 5.92 Å². The molecule has 0 aromatic heterocycles. The third-order valence-electron chi connectivity index (χ3n) is 6.76. The van der Waals surface area contributed by atoms with Crippen LogP contribution in [0.15, 0.2) is 30.5 Å². The van der Waals surface area contributed by atoms with Gasteiger partial charge < -0.3 is 20.7 Å². The summed E-state index contributed by atoms with van der Waals surface area (Å²) >= 11 is 0. The van der Waals surface area contributed by atoms with Crippen LogP contribution in [0, 0.1) is 5.92 Å². The van der Waals surface area contributed by atoms with Crippen LogP contribution in [-0.2, 0) is 14.4 Å². The summed E-state index contributed by atoms with van der Waals surface area (Å²) in [6.45, 7) is 8.58. The van der Waals surface area contributed by atoms with Gasteiger partial charge >= 0.3 is 0 Å². The molecule has 3 aliphatic heterocycles. The molecular weight excluding hydrogens is 432 g/mol. The summed E-state index contributed by atoms with van der Waals surface area (Å²) in [6.07, 6.45) is 5.98. The first-order valence-electron chi connectivity index (χ1n) is 12.2. The fraction of sp³-hybridized carbons (Fsp3) is 0.577. The normalized spacial score (nSPS) is 28.2. The number of hydrogen-bond donors (Lipinski definition) is 3. The molecule has 8 heteroatoms. The van der Waals surface area contributed by atoms with Gasteiger partial charge in [0.25, 0.3) is 0 Å². The third kappa shape index (κ3) is 6.17. The number of nitrogens with one attached hydrogen (secondary N) is 3. The van der Waals surface area contributed by atoms with E-state index in [0.717, 1.165) is 24.9 Å². The Morgan fingerprint density at radius 1 is 1.24 bits per heavy atom. The molecule has 0 unspecified atom stereocenters. The number of carbonyl (C=O) groups is 3. The zero-order valence-electron chi connectivity index (χ0n) is 20.9. The molecule has 1 aromatic carbocycles. The molecule has 1 saturated heterocycles. The molecule has 34 heavy (non-hydrogen) atoms. The summed E-state index contributed by atoms with van der Waals surface area (Å²) in [5.74, 6) is -0.151. The third-order valence-corrected chi connectivity index (χ3v) is 6.76. The van der Waals surface area contributed by atoms with Gasteiger partial charge in [-0.1, -0.05) is 32.9 Å². The van der Waals surface area contributed by atoms with Crippen LogP contribution in [0.1, 0.15) is 58.9 Å². The van der Waals surface area contributed by atoms with E-state index in [4.69, 9.17) is 4.74 Å². The van der Waals surface area contributed by atoms with Gasteiger partial charge in [-0.05, 0) is 75.9 Å². The zero-order valence-corrected chi connectivity index (χ0v) is 20.9. The van der Waals surface area contributed by atoms with Crippen molar-refractivity contribution < 1.29 is 19.1 Å². The topological polar surface area (TPSA) is 99.8 Å². The van der Waals surface area contributed by atoms with Crippen molar-refractivity contribution in [2.45, 2.75) is 77.1 Å². The minimum Gasteiger partial charge on any atom is -0.485 e. The fourth-order valence-electron chi connectivity index (χ4n) is 4.51. The Morgan fingerprint density at radius 2 is 1.94 bits per heavy atom. The van der Waals surface area contributed by atoms with E-state index in [0.29, 0.717) is 18.6 Å². The van der Waals surface area contributed by atoms with E-state index in [9.17, 15) is 14.4 Å². The van der Waals surface area contributed by atoms with Gasteiger partial charge in [-0.15, -0.1) is 0 Å². The predicted octanol–water partition coefficient (Wildman–Crippen LogP) is 2.44. The maximum Gasteiger partial charge on any atom is 0.247 e. The van der Waals surface area contributed by atoms with Crippen molar-refractivity contribution >= 4 is 23.8 Å². The molecule has 186 valence electrons. The molecular formula is C26H38N4O4. The monoisotopic (exact) mass is 470 g/mol. The lowest BCUT2D eigenvalue weighted by atomic mass is 9.90. The number of rotatable bonds is 5. The second kappa shape index (κ2) is 11.0. The maximum atomic E-state index is 13.7. The molecule has 2 bridgehead atoms. The number of nitrogens with zero attached hydrogens (tertiary/aromatic N) is 1. The van der Waals surface area contributed by atoms with Gasteiger partial charge in [0.1, 0.15) is 23.4 Å². The van der Waals surface area contributed by atoms with Gasteiger partial charge in [0.05, 0.1) is 6.04 Å². The molecule has 0 spiro atoms. The van der Waals surface area contributed by atoms with Gasteiger partial charge in [-0.2, -0.15) is 0 Å². The van der Waals surface area contributed by atoms with Crippen LogP contribution in [-0.4, -0.2) is 59.9 Å². The summed E-state index contributed by atoms with van der Waals surface area (Å²) in [5.41, 5.74) is -0.126. The number of carbonyl (C=O) groups excluding carboxylic acids is 3. The van der Waals surface area contributed by atoms with E-state index in [-0.39, 0.29) is 23.8 Å². The Balaban J connectivity index is 1.99. The molecule has 1 aromatic rings. The highest BCUT2D eigenvalue weighted by molar-refractivity contribution is 5.94. The molecule has 1 fully saturated rings. The SMILES string of the molecule is CC[C@]1(C)Oc2ccc(cc2)C=CNC(=O)[C@H](CC(C)C)NC(=O)[C@H]1NC(=O)[C@@H]1CCCN1C. The quantitative estimate of drug-likeness (QED) is 0.614. The first-order chi connectivity index (χ1) is 16.1. The van der Waals surface area contributed by atoms with Crippen molar-refractivity contribution in [2.75, 3.05) is 13.6 Å². The lowest BCUT2D eigenvalue weighted by Gasteiger charge is -2.38. The highest BCUT2D eigenvalue weighted by atomic mass is 16.5. The largest absolute Gasteiger partial charge is 0.485 e. The van der Waals surface area contributed by atoms with Crippen LogP contribution in [0.2, 0.25) is 0 Å². The number of ether oxygens (including phenoxy) is 1. The van der Waals surface area contributed by atoms with E-state index in [1.807, 2.05) is 63.9 Å². The molecule has 8 nitrogen and oxygen atoms in total. The highest BCUT2D eigenvalue weighted by Gasteiger charge is 2.44. The van der Waals surface area contributed by atoms with E-state index in [2.05, 4.69) is 16.0 Å². The molecule has 0 saturated carbocycles. The molecule has 3 heterocycles. The lowest BCUT2D eigenvalue weighted by molar-refractivity contribution is -0.138. The first kappa shape index (κ1) is 25.7. The van der Waals surface area contributed by atoms with Gasteiger partial charge in [-0.3, -0.25) is 19.3 Å². The Hall–Kier alpha value is -2.87. The van der Waals surface area contributed by atoms with Crippen LogP contribution >= 0.6 is 0 Å². The van der Waals surface area contributed by atoms with E-state index in [1.165, 1.54) is 0 Å². The lowest BCUT2D eigenvalue weighted by Crippen LogP contribution is -2.64. The minimum atomic E-state index is -1.03. The average Bonchev–Trinajstić information content (AvgIpc) is 3.22. The number of hydrogen-bond acceptors (Lipinski definition) is 5. The van der Waals surface area contributed by atoms with E-state index in [1.54, 1.807) is 12.3 Å². The maximum absolute atomic E-state index is 13.7. The van der Waals surface area contributed by atoms with Gasteiger partial charge in [-0.25, -0.2) is 0 Å². The second-order valence-corrected chi connectivity index (χ2v) is 9.95. The Kier molecular flexibility index (Phi) is 8.36. The number of benzene rings is 1. The van der Waals surface area contributed by atoms with Crippen molar-refractivity contribution in [1.82, 2.24) is 20.9 Å². The van der Waals surface area contributed by atoms with Crippen molar-refractivity contribution in [1.29, 1.82) is 0 Å². The van der Waals surface area contributed by atoms with Crippen LogP contribution in [0.25, 0.3) is 6.08 Å². The van der Waals surface area contributed by atoms with Gasteiger partial charge in [0.15, 0.2) is 0 Å². The molecule has 4 rings (SSSR count). The molecule has 3 amide bonds. The predicted molar refractivity (Wildman–Crippen MR) is 132 cm³/mol. The van der Waals surface area contributed by atoms with E-state index < -0.39 is 23.6 Å². The van der Waals surface area contributed by atoms with Crippen molar-refractivity contribution in [3.05, 3.63) is 36.0 Å². The summed E-state index contributed by atoms with van der Waals surface area (Å²) in [4.78, 5) is 41.8. The molecule has 3 N–H and O–H groups in total. The number of amides is 3. The summed E-state index contributed by atoms with van der Waals surface area (Å²) < 4.78 is 6.35. The zero-order chi connectivity index (χ0) is 24.9. The summed E-state index contributed by atoms with van der Waals surface area (Å²) in [5, 5.41) is 8.66. The fourth-order valence-corrected chi connectivity index (χ4v) is 4.51. The molecule has 4 atom stereocenters. The Morgan fingerprint density at radius 3 is 2.53 bits per heavy atom. The standard InChI is InChI=1S/C26H38N4O4/c1-6-26(4)22(29-24(32)21-8-7-15-30(21)5)25(33)28-20(16-17(2)3)23(31)27-14-13-18-9-11-19(34-26)12-10-18/h9-14,17,20-22H,6-8,15-16H2,1-5H3,(H,27,31)(H,28,33)(H,29,32)/t20-,21-,22+,26-/m0/s1. The van der Waals surface area contributed by atoms with Crippen molar-refractivity contribution in [3.63, 3.8) is 0 Å². The molecule has 0 radical (unpaired) electrons. The van der Waals surface area contributed by atoms with E-state index >= 15 is 0 Å². The van der Waals surface area contributed by atoms with Crippen LogP contribution < -0.4 is 20.7 Å². The Bertz CT molecular complexity index is 914. The molecule has 3 aliphatic rings. The minimum absolute atomic E-state index is 0.180. The summed E-state index contributed by atoms with van der Waals surface area (Å²) in [7, 11) is 1.92. The average molecular weight is 471 g/mol. The highest BCUT2D eigenvalue weighted by Crippen LogP contribution is 2.27. The van der Waals surface area contributed by atoms with Gasteiger partial charge in [0.2, 0.25) is 17.7 Å². The Labute approximate surface area is 202 Å².